The van der Waals surface area contributed by atoms with Gasteiger partial charge in [-0.05, 0) is 18.9 Å². The monoisotopic (exact) mass is 460 g/mol. The first-order valence-corrected chi connectivity index (χ1v) is 15.4. The van der Waals surface area contributed by atoms with Gasteiger partial charge in [-0.3, -0.25) is 4.79 Å². The summed E-state index contributed by atoms with van der Waals surface area (Å²) in [5.74, 6) is 0.172. The molecule has 6 nitrogen and oxygen atoms in total. The molecule has 0 heterocycles. The molecule has 7 heteroatoms. The first-order valence-electron chi connectivity index (χ1n) is 12.8. The summed E-state index contributed by atoms with van der Waals surface area (Å²) in [7, 11) is -0.909. The Balaban J connectivity index is 3.81. The standard InChI is InChI=1S/C24H52N2O4Si/c1-3-4-5-6-7-8-9-10-11-12-13-14-15-17-24(29)26(20-18-25)19-16-21-31(22-27,23-28)30-2/h27-28H,3-23,25H2,1-2H3. The van der Waals surface area contributed by atoms with Crippen LogP contribution in [0.4, 0.5) is 0 Å². The molecule has 186 valence electrons. The molecule has 31 heavy (non-hydrogen) atoms. The van der Waals surface area contributed by atoms with Crippen molar-refractivity contribution >= 4 is 14.2 Å². The minimum Gasteiger partial charge on any atom is -0.415 e. The smallest absolute Gasteiger partial charge is 0.242 e. The number of aliphatic hydroxyl groups excluding tert-OH is 2. The van der Waals surface area contributed by atoms with Crippen LogP contribution in [0.1, 0.15) is 103 Å². The van der Waals surface area contributed by atoms with Crippen LogP contribution < -0.4 is 5.73 Å². The van der Waals surface area contributed by atoms with Crippen LogP contribution in [-0.4, -0.2) is 68.5 Å². The Morgan fingerprint density at radius 2 is 1.29 bits per heavy atom. The van der Waals surface area contributed by atoms with Crippen LogP contribution in [0.15, 0.2) is 0 Å². The van der Waals surface area contributed by atoms with Gasteiger partial charge in [0.2, 0.25) is 14.2 Å². The minimum absolute atomic E-state index is 0.0935. The number of hydrogen-bond acceptors (Lipinski definition) is 5. The summed E-state index contributed by atoms with van der Waals surface area (Å²) in [4.78, 5) is 14.4. The van der Waals surface area contributed by atoms with Crippen molar-refractivity contribution < 1.29 is 19.4 Å². The van der Waals surface area contributed by atoms with Crippen molar-refractivity contribution in [3.8, 4) is 0 Å². The highest BCUT2D eigenvalue weighted by molar-refractivity contribution is 6.73. The fourth-order valence-corrected chi connectivity index (χ4v) is 5.68. The van der Waals surface area contributed by atoms with Gasteiger partial charge in [0.05, 0.1) is 12.5 Å². The average Bonchev–Trinajstić information content (AvgIpc) is 2.79. The maximum Gasteiger partial charge on any atom is 0.242 e. The van der Waals surface area contributed by atoms with Gasteiger partial charge < -0.3 is 25.3 Å². The molecule has 0 aliphatic heterocycles. The van der Waals surface area contributed by atoms with E-state index in [0.717, 1.165) is 19.3 Å². The molecule has 0 aliphatic rings. The zero-order chi connectivity index (χ0) is 23.2. The Kier molecular flexibility index (Phi) is 21.1. The summed E-state index contributed by atoms with van der Waals surface area (Å²) in [6, 6.07) is 0.642. The first-order chi connectivity index (χ1) is 15.1. The van der Waals surface area contributed by atoms with Crippen LogP contribution in [0.5, 0.6) is 0 Å². The molecule has 0 atom stereocenters. The van der Waals surface area contributed by atoms with Gasteiger partial charge in [0.15, 0.2) is 0 Å². The molecule has 0 aromatic heterocycles. The molecular formula is C24H52N2O4Si. The Morgan fingerprint density at radius 3 is 1.71 bits per heavy atom. The Bertz CT molecular complexity index is 401. The van der Waals surface area contributed by atoms with Gasteiger partial charge in [-0.2, -0.15) is 0 Å². The number of nitrogens with two attached hydrogens (primary N) is 1. The van der Waals surface area contributed by atoms with Crippen LogP contribution >= 0.6 is 0 Å². The third-order valence-electron chi connectivity index (χ3n) is 6.32. The van der Waals surface area contributed by atoms with E-state index in [1.807, 2.05) is 4.90 Å². The van der Waals surface area contributed by atoms with Gasteiger partial charge in [0.1, 0.15) is 0 Å². The molecule has 0 aromatic carbocycles. The van der Waals surface area contributed by atoms with Gasteiger partial charge in [-0.25, -0.2) is 0 Å². The van der Waals surface area contributed by atoms with Gasteiger partial charge in [0.25, 0.3) is 0 Å². The number of rotatable bonds is 23. The molecule has 0 saturated carbocycles. The molecule has 0 spiro atoms. The normalized spacial score (nSPS) is 11.8. The molecule has 0 unspecified atom stereocenters. The van der Waals surface area contributed by atoms with Crippen molar-refractivity contribution in [1.29, 1.82) is 0 Å². The number of carbonyl (C=O) groups excluding carboxylic acids is 1. The van der Waals surface area contributed by atoms with Crippen molar-refractivity contribution in [3.05, 3.63) is 0 Å². The number of unbranched alkanes of at least 4 members (excludes halogenated alkanes) is 12. The summed E-state index contributed by atoms with van der Waals surface area (Å²) in [6.07, 6.45) is 18.0. The lowest BCUT2D eigenvalue weighted by Gasteiger charge is -2.27. The summed E-state index contributed by atoms with van der Waals surface area (Å²) >= 11 is 0. The summed E-state index contributed by atoms with van der Waals surface area (Å²) in [6.45, 7) is 3.90. The van der Waals surface area contributed by atoms with Crippen molar-refractivity contribution in [1.82, 2.24) is 4.90 Å². The molecule has 0 aromatic rings. The lowest BCUT2D eigenvalue weighted by molar-refractivity contribution is -0.131. The largest absolute Gasteiger partial charge is 0.415 e. The SMILES string of the molecule is CCCCCCCCCCCCCCCC(=O)N(CCN)CCC[Si](CO)(CO)OC. The summed E-state index contributed by atoms with van der Waals surface area (Å²) in [5, 5.41) is 19.0. The van der Waals surface area contributed by atoms with Crippen LogP contribution in [0.25, 0.3) is 0 Å². The molecular weight excluding hydrogens is 408 g/mol. The van der Waals surface area contributed by atoms with Gasteiger partial charge in [-0.15, -0.1) is 0 Å². The van der Waals surface area contributed by atoms with Gasteiger partial charge >= 0.3 is 0 Å². The zero-order valence-corrected chi connectivity index (χ0v) is 21.6. The minimum atomic E-state index is -2.46. The maximum atomic E-state index is 12.6. The Morgan fingerprint density at radius 1 is 0.806 bits per heavy atom. The van der Waals surface area contributed by atoms with E-state index in [9.17, 15) is 15.0 Å². The molecule has 0 rings (SSSR count). The molecule has 0 radical (unpaired) electrons. The first kappa shape index (κ1) is 30.5. The predicted molar refractivity (Wildman–Crippen MR) is 132 cm³/mol. The van der Waals surface area contributed by atoms with E-state index in [2.05, 4.69) is 6.92 Å². The fraction of sp³-hybridized carbons (Fsp3) is 0.958. The van der Waals surface area contributed by atoms with Crippen molar-refractivity contribution in [2.24, 2.45) is 5.73 Å². The second-order valence-electron chi connectivity index (χ2n) is 8.97. The maximum absolute atomic E-state index is 12.6. The van der Waals surface area contributed by atoms with E-state index in [-0.39, 0.29) is 18.4 Å². The Hall–Kier alpha value is -0.473. The van der Waals surface area contributed by atoms with Crippen LogP contribution in [0, 0.1) is 0 Å². The highest BCUT2D eigenvalue weighted by Gasteiger charge is 2.32. The zero-order valence-electron chi connectivity index (χ0n) is 20.6. The fourth-order valence-electron chi connectivity index (χ4n) is 4.00. The molecule has 0 fully saturated rings. The van der Waals surface area contributed by atoms with Crippen molar-refractivity contribution in [2.75, 3.05) is 39.2 Å². The van der Waals surface area contributed by atoms with Gasteiger partial charge in [0, 0.05) is 33.2 Å². The quantitative estimate of drug-likeness (QED) is 0.156. The van der Waals surface area contributed by atoms with Crippen LogP contribution in [-0.2, 0) is 9.22 Å². The van der Waals surface area contributed by atoms with E-state index in [1.165, 1.54) is 70.6 Å². The molecule has 4 N–H and O–H groups in total. The lowest BCUT2D eigenvalue weighted by Crippen LogP contribution is -2.47. The average molecular weight is 461 g/mol. The van der Waals surface area contributed by atoms with E-state index in [4.69, 9.17) is 10.2 Å². The number of hydrogen-bond donors (Lipinski definition) is 3. The second-order valence-corrected chi connectivity index (χ2v) is 12.9. The van der Waals surface area contributed by atoms with E-state index in [0.29, 0.717) is 32.1 Å². The molecule has 1 amide bonds. The van der Waals surface area contributed by atoms with Gasteiger partial charge in [-0.1, -0.05) is 84.0 Å². The third kappa shape index (κ3) is 15.9. The number of amides is 1. The summed E-state index contributed by atoms with van der Waals surface area (Å²) in [5.41, 5.74) is 5.69. The van der Waals surface area contributed by atoms with E-state index < -0.39 is 8.32 Å². The molecule has 0 aliphatic carbocycles. The van der Waals surface area contributed by atoms with Crippen molar-refractivity contribution in [2.45, 2.75) is 109 Å². The summed E-state index contributed by atoms with van der Waals surface area (Å²) < 4.78 is 5.40. The van der Waals surface area contributed by atoms with Crippen LogP contribution in [0.3, 0.4) is 0 Å². The van der Waals surface area contributed by atoms with E-state index >= 15 is 0 Å². The van der Waals surface area contributed by atoms with E-state index in [1.54, 1.807) is 7.11 Å². The lowest BCUT2D eigenvalue weighted by atomic mass is 10.0. The second kappa shape index (κ2) is 21.4. The Labute approximate surface area is 193 Å². The topological polar surface area (TPSA) is 96.0 Å². The van der Waals surface area contributed by atoms with Crippen molar-refractivity contribution in [3.63, 3.8) is 0 Å². The molecule has 0 saturated heterocycles. The van der Waals surface area contributed by atoms with Crippen LogP contribution in [0.2, 0.25) is 6.04 Å². The number of carbonyl (C=O) groups is 1. The highest BCUT2D eigenvalue weighted by Crippen LogP contribution is 2.15. The number of aliphatic hydroxyl groups is 2. The third-order valence-corrected chi connectivity index (χ3v) is 9.60. The molecule has 0 bridgehead atoms. The number of nitrogens with zero attached hydrogens (tertiary/aromatic N) is 1. The highest BCUT2D eigenvalue weighted by atomic mass is 28.4. The predicted octanol–water partition coefficient (Wildman–Crippen LogP) is 4.30.